The van der Waals surface area contributed by atoms with E-state index in [4.69, 9.17) is 9.26 Å². The lowest BCUT2D eigenvalue weighted by molar-refractivity contribution is 0.379. The number of sulfonamides is 1. The Labute approximate surface area is 167 Å². The monoisotopic (exact) mass is 419 g/mol. The third kappa shape index (κ3) is 4.80. The van der Waals surface area contributed by atoms with Crippen LogP contribution in [0, 0.1) is 13.8 Å². The molecule has 0 aromatic carbocycles. The van der Waals surface area contributed by atoms with Gasteiger partial charge < -0.3 is 13.8 Å². The van der Waals surface area contributed by atoms with Crippen molar-refractivity contribution < 1.29 is 17.7 Å². The van der Waals surface area contributed by atoms with Gasteiger partial charge in [-0.25, -0.2) is 8.42 Å². The molecule has 154 valence electrons. The smallest absolute Gasteiger partial charge is 0.324 e. The SMILES string of the molecule is CCCS(=O)(=O)Nc1cc(-c2ccc(=O)n(C)c2)nc(Oc2c(C)noc2C)n1. The number of pyridine rings is 1. The van der Waals surface area contributed by atoms with Crippen molar-refractivity contribution in [3.63, 3.8) is 0 Å². The van der Waals surface area contributed by atoms with Gasteiger partial charge in [-0.15, -0.1) is 0 Å². The predicted molar refractivity (Wildman–Crippen MR) is 106 cm³/mol. The van der Waals surface area contributed by atoms with E-state index in [-0.39, 0.29) is 23.1 Å². The highest BCUT2D eigenvalue weighted by Gasteiger charge is 2.17. The number of hydrogen-bond donors (Lipinski definition) is 1. The number of anilines is 1. The number of aromatic nitrogens is 4. The first-order valence-electron chi connectivity index (χ1n) is 8.86. The molecule has 0 spiro atoms. The summed E-state index contributed by atoms with van der Waals surface area (Å²) in [5, 5.41) is 3.82. The molecule has 3 rings (SSSR count). The molecule has 0 fully saturated rings. The first kappa shape index (κ1) is 20.5. The van der Waals surface area contributed by atoms with Crippen molar-refractivity contribution in [2.24, 2.45) is 7.05 Å². The van der Waals surface area contributed by atoms with Crippen LogP contribution in [0.3, 0.4) is 0 Å². The number of aryl methyl sites for hydroxylation is 3. The van der Waals surface area contributed by atoms with Crippen LogP contribution in [-0.4, -0.2) is 33.9 Å². The van der Waals surface area contributed by atoms with E-state index in [2.05, 4.69) is 19.8 Å². The summed E-state index contributed by atoms with van der Waals surface area (Å²) in [6, 6.07) is 4.38. The van der Waals surface area contributed by atoms with E-state index >= 15 is 0 Å². The van der Waals surface area contributed by atoms with Crippen LogP contribution < -0.4 is 15.0 Å². The third-order valence-corrected chi connectivity index (χ3v) is 5.45. The Morgan fingerprint density at radius 1 is 1.24 bits per heavy atom. The van der Waals surface area contributed by atoms with Crippen LogP contribution in [0.25, 0.3) is 11.3 Å². The van der Waals surface area contributed by atoms with Crippen LogP contribution in [-0.2, 0) is 17.1 Å². The maximum atomic E-state index is 12.2. The van der Waals surface area contributed by atoms with Crippen LogP contribution in [0.4, 0.5) is 5.82 Å². The number of hydrogen-bond acceptors (Lipinski definition) is 8. The minimum atomic E-state index is -3.58. The second kappa shape index (κ2) is 8.03. The van der Waals surface area contributed by atoms with Crippen molar-refractivity contribution in [1.29, 1.82) is 0 Å². The zero-order chi connectivity index (χ0) is 21.2. The van der Waals surface area contributed by atoms with Gasteiger partial charge in [0.15, 0.2) is 11.5 Å². The Morgan fingerprint density at radius 3 is 2.62 bits per heavy atom. The zero-order valence-electron chi connectivity index (χ0n) is 16.5. The first-order valence-corrected chi connectivity index (χ1v) is 10.5. The molecule has 0 radical (unpaired) electrons. The molecular formula is C18H21N5O5S. The van der Waals surface area contributed by atoms with Gasteiger partial charge in [0, 0.05) is 37.9 Å². The first-order chi connectivity index (χ1) is 13.7. The van der Waals surface area contributed by atoms with E-state index in [1.807, 2.05) is 0 Å². The predicted octanol–water partition coefficient (Wildman–Crippen LogP) is 2.39. The number of nitrogens with one attached hydrogen (secondary N) is 1. The largest absolute Gasteiger partial charge is 0.418 e. The van der Waals surface area contributed by atoms with E-state index in [0.717, 1.165) is 0 Å². The van der Waals surface area contributed by atoms with Crippen molar-refractivity contribution in [1.82, 2.24) is 19.7 Å². The summed E-state index contributed by atoms with van der Waals surface area (Å²) < 4.78 is 39.0. The fourth-order valence-electron chi connectivity index (χ4n) is 2.61. The maximum absolute atomic E-state index is 12.2. The highest BCUT2D eigenvalue weighted by Crippen LogP contribution is 2.29. The minimum Gasteiger partial charge on any atom is -0.418 e. The normalized spacial score (nSPS) is 11.4. The molecule has 3 heterocycles. The van der Waals surface area contributed by atoms with Gasteiger partial charge in [0.25, 0.3) is 0 Å². The fraction of sp³-hybridized carbons (Fsp3) is 0.333. The van der Waals surface area contributed by atoms with Crippen molar-refractivity contribution in [3.8, 4) is 23.0 Å². The van der Waals surface area contributed by atoms with E-state index in [1.54, 1.807) is 40.1 Å². The summed E-state index contributed by atoms with van der Waals surface area (Å²) in [7, 11) is -1.97. The standard InChI is InChI=1S/C18H21N5O5S/c1-5-8-29(25,26)22-15-9-14(13-6-7-16(24)23(4)10-13)19-18(20-15)27-17-11(2)21-28-12(17)3/h6-7,9-10H,5,8H2,1-4H3,(H,19,20,22). The molecule has 0 unspecified atom stereocenters. The molecule has 0 aliphatic carbocycles. The molecule has 1 N–H and O–H groups in total. The van der Waals surface area contributed by atoms with Crippen molar-refractivity contribution >= 4 is 15.8 Å². The molecule has 11 heteroatoms. The van der Waals surface area contributed by atoms with Gasteiger partial charge in [-0.2, -0.15) is 9.97 Å². The van der Waals surface area contributed by atoms with Crippen LogP contribution in [0.1, 0.15) is 24.8 Å². The average molecular weight is 419 g/mol. The molecule has 0 saturated carbocycles. The Kier molecular flexibility index (Phi) is 5.69. The summed E-state index contributed by atoms with van der Waals surface area (Å²) in [6.07, 6.45) is 2.05. The summed E-state index contributed by atoms with van der Waals surface area (Å²) in [5.74, 6) is 0.794. The van der Waals surface area contributed by atoms with E-state index < -0.39 is 10.0 Å². The molecule has 0 bridgehead atoms. The van der Waals surface area contributed by atoms with Gasteiger partial charge in [0.2, 0.25) is 15.6 Å². The van der Waals surface area contributed by atoms with E-state index in [1.165, 1.54) is 16.7 Å². The summed E-state index contributed by atoms with van der Waals surface area (Å²) in [5.41, 5.74) is 1.30. The van der Waals surface area contributed by atoms with E-state index in [9.17, 15) is 13.2 Å². The molecule has 3 aromatic heterocycles. The molecule has 0 aliphatic heterocycles. The van der Waals surface area contributed by atoms with E-state index in [0.29, 0.717) is 34.9 Å². The lowest BCUT2D eigenvalue weighted by atomic mass is 10.2. The third-order valence-electron chi connectivity index (χ3n) is 3.98. The summed E-state index contributed by atoms with van der Waals surface area (Å²) in [4.78, 5) is 20.2. The molecule has 0 saturated heterocycles. The maximum Gasteiger partial charge on any atom is 0.324 e. The van der Waals surface area contributed by atoms with Gasteiger partial charge in [-0.05, 0) is 19.4 Å². The lowest BCUT2D eigenvalue weighted by Crippen LogP contribution is -2.17. The Balaban J connectivity index is 2.08. The van der Waals surface area contributed by atoms with Gasteiger partial charge in [-0.3, -0.25) is 9.52 Å². The molecule has 3 aromatic rings. The Hall–Kier alpha value is -3.21. The minimum absolute atomic E-state index is 0.0494. The zero-order valence-corrected chi connectivity index (χ0v) is 17.3. The van der Waals surface area contributed by atoms with Crippen LogP contribution >= 0.6 is 0 Å². The number of rotatable bonds is 7. The molecule has 0 aliphatic rings. The van der Waals surface area contributed by atoms with Crippen LogP contribution in [0.15, 0.2) is 33.7 Å². The van der Waals surface area contributed by atoms with Gasteiger partial charge in [-0.1, -0.05) is 12.1 Å². The fourth-order valence-corrected chi connectivity index (χ4v) is 3.67. The Morgan fingerprint density at radius 2 is 2.00 bits per heavy atom. The second-order valence-electron chi connectivity index (χ2n) is 6.46. The highest BCUT2D eigenvalue weighted by molar-refractivity contribution is 7.92. The van der Waals surface area contributed by atoms with Crippen molar-refractivity contribution in [3.05, 3.63) is 46.2 Å². The van der Waals surface area contributed by atoms with Crippen LogP contribution in [0.2, 0.25) is 0 Å². The van der Waals surface area contributed by atoms with Gasteiger partial charge in [0.05, 0.1) is 11.4 Å². The quantitative estimate of drug-likeness (QED) is 0.618. The lowest BCUT2D eigenvalue weighted by Gasteiger charge is -2.11. The number of nitrogens with zero attached hydrogens (tertiary/aromatic N) is 4. The van der Waals surface area contributed by atoms with Gasteiger partial charge in [0.1, 0.15) is 11.5 Å². The van der Waals surface area contributed by atoms with Crippen molar-refractivity contribution in [2.45, 2.75) is 27.2 Å². The molecule has 29 heavy (non-hydrogen) atoms. The highest BCUT2D eigenvalue weighted by atomic mass is 32.2. The molecule has 0 atom stereocenters. The average Bonchev–Trinajstić information content (AvgIpc) is 2.95. The molecular weight excluding hydrogens is 398 g/mol. The molecule has 10 nitrogen and oxygen atoms in total. The Bertz CT molecular complexity index is 1180. The summed E-state index contributed by atoms with van der Waals surface area (Å²) in [6.45, 7) is 5.14. The topological polar surface area (TPSA) is 129 Å². The molecule has 0 amide bonds. The number of ether oxygens (including phenoxy) is 1. The summed E-state index contributed by atoms with van der Waals surface area (Å²) >= 11 is 0. The van der Waals surface area contributed by atoms with Crippen LogP contribution in [0.5, 0.6) is 11.8 Å². The van der Waals surface area contributed by atoms with Gasteiger partial charge >= 0.3 is 6.01 Å². The second-order valence-corrected chi connectivity index (χ2v) is 8.31. The van der Waals surface area contributed by atoms with Crippen molar-refractivity contribution in [2.75, 3.05) is 10.5 Å².